The van der Waals surface area contributed by atoms with Crippen LogP contribution >= 0.6 is 0 Å². The van der Waals surface area contributed by atoms with E-state index in [1.165, 1.54) is 4.31 Å². The second-order valence-electron chi connectivity index (χ2n) is 8.61. The summed E-state index contributed by atoms with van der Waals surface area (Å²) in [5.74, 6) is 0.614. The summed E-state index contributed by atoms with van der Waals surface area (Å²) in [6.45, 7) is 7.37. The first-order chi connectivity index (χ1) is 14.8. The lowest BCUT2D eigenvalue weighted by atomic mass is 9.85. The molecule has 0 saturated carbocycles. The van der Waals surface area contributed by atoms with Crippen molar-refractivity contribution in [3.05, 3.63) is 84.4 Å². The SMILES string of the molecule is CC(C)(C)c1ccc(OCC2CO2)cc1N(c1ccccc1)S(=O)(=O)c1ccccc1. The van der Waals surface area contributed by atoms with Crippen LogP contribution in [0.25, 0.3) is 0 Å². The number of hydrogen-bond acceptors (Lipinski definition) is 4. The molecule has 0 aromatic heterocycles. The highest BCUT2D eigenvalue weighted by Gasteiger charge is 2.32. The van der Waals surface area contributed by atoms with Crippen LogP contribution in [-0.2, 0) is 20.2 Å². The van der Waals surface area contributed by atoms with Gasteiger partial charge < -0.3 is 9.47 Å². The Morgan fingerprint density at radius 2 is 1.58 bits per heavy atom. The highest BCUT2D eigenvalue weighted by molar-refractivity contribution is 7.93. The van der Waals surface area contributed by atoms with Gasteiger partial charge in [-0.15, -0.1) is 0 Å². The van der Waals surface area contributed by atoms with Gasteiger partial charge in [0.25, 0.3) is 10.0 Å². The summed E-state index contributed by atoms with van der Waals surface area (Å²) in [6.07, 6.45) is 0.115. The van der Waals surface area contributed by atoms with Crippen LogP contribution in [0.5, 0.6) is 5.75 Å². The average Bonchev–Trinajstić information content (AvgIpc) is 3.58. The molecule has 0 bridgehead atoms. The van der Waals surface area contributed by atoms with Gasteiger partial charge in [-0.2, -0.15) is 0 Å². The Kier molecular flexibility index (Phi) is 5.77. The van der Waals surface area contributed by atoms with Gasteiger partial charge in [0.1, 0.15) is 18.5 Å². The Bertz CT molecular complexity index is 1140. The van der Waals surface area contributed by atoms with Gasteiger partial charge in [0.05, 0.1) is 22.9 Å². The fourth-order valence-corrected chi connectivity index (χ4v) is 4.95. The monoisotopic (exact) mass is 437 g/mol. The quantitative estimate of drug-likeness (QED) is 0.471. The van der Waals surface area contributed by atoms with Crippen LogP contribution in [0.2, 0.25) is 0 Å². The predicted molar refractivity (Wildman–Crippen MR) is 123 cm³/mol. The number of rotatable bonds is 7. The lowest BCUT2D eigenvalue weighted by Crippen LogP contribution is -2.29. The topological polar surface area (TPSA) is 59.1 Å². The van der Waals surface area contributed by atoms with Crippen LogP contribution in [0.3, 0.4) is 0 Å². The van der Waals surface area contributed by atoms with Crippen LogP contribution in [0.1, 0.15) is 26.3 Å². The van der Waals surface area contributed by atoms with Crippen molar-refractivity contribution in [1.29, 1.82) is 0 Å². The van der Waals surface area contributed by atoms with E-state index in [4.69, 9.17) is 9.47 Å². The molecule has 6 heteroatoms. The first-order valence-electron chi connectivity index (χ1n) is 10.3. The van der Waals surface area contributed by atoms with Crippen molar-refractivity contribution in [2.45, 2.75) is 37.2 Å². The summed E-state index contributed by atoms with van der Waals surface area (Å²) in [5, 5.41) is 0. The van der Waals surface area contributed by atoms with E-state index in [-0.39, 0.29) is 16.4 Å². The normalized spacial score (nSPS) is 16.0. The number of sulfonamides is 1. The number of hydrogen-bond donors (Lipinski definition) is 0. The van der Waals surface area contributed by atoms with Gasteiger partial charge in [0.2, 0.25) is 0 Å². The fourth-order valence-electron chi connectivity index (χ4n) is 3.43. The number of epoxide rings is 1. The number of nitrogens with zero attached hydrogens (tertiary/aromatic N) is 1. The Hall–Kier alpha value is -2.83. The molecule has 1 fully saturated rings. The molecule has 0 radical (unpaired) electrons. The summed E-state index contributed by atoms with van der Waals surface area (Å²) in [7, 11) is -3.87. The average molecular weight is 438 g/mol. The highest BCUT2D eigenvalue weighted by Crippen LogP contribution is 2.41. The molecular formula is C25H27NO4S. The molecule has 31 heavy (non-hydrogen) atoms. The third kappa shape index (κ3) is 4.75. The van der Waals surface area contributed by atoms with Gasteiger partial charge >= 0.3 is 0 Å². The lowest BCUT2D eigenvalue weighted by molar-refractivity contribution is 0.263. The van der Waals surface area contributed by atoms with Gasteiger partial charge in [-0.3, -0.25) is 0 Å². The van der Waals surface area contributed by atoms with E-state index in [2.05, 4.69) is 20.8 Å². The largest absolute Gasteiger partial charge is 0.491 e. The zero-order valence-corrected chi connectivity index (χ0v) is 18.8. The molecule has 0 spiro atoms. The molecule has 1 saturated heterocycles. The minimum atomic E-state index is -3.87. The Labute approximate surface area is 184 Å². The maximum atomic E-state index is 13.9. The van der Waals surface area contributed by atoms with Crippen LogP contribution < -0.4 is 9.04 Å². The number of ether oxygens (including phenoxy) is 2. The van der Waals surface area contributed by atoms with Crippen molar-refractivity contribution in [1.82, 2.24) is 0 Å². The zero-order valence-electron chi connectivity index (χ0n) is 18.0. The van der Waals surface area contributed by atoms with Crippen LogP contribution in [0.15, 0.2) is 83.8 Å². The van der Waals surface area contributed by atoms with Gasteiger partial charge in [-0.1, -0.05) is 63.2 Å². The summed E-state index contributed by atoms with van der Waals surface area (Å²) in [6, 6.07) is 23.3. The Balaban J connectivity index is 1.90. The molecule has 1 atom stereocenters. The number of anilines is 2. The van der Waals surface area contributed by atoms with Crippen LogP contribution in [0, 0.1) is 0 Å². The van der Waals surface area contributed by atoms with Crippen molar-refractivity contribution in [2.24, 2.45) is 0 Å². The molecule has 0 aliphatic carbocycles. The molecule has 5 nitrogen and oxygen atoms in total. The molecule has 4 rings (SSSR count). The molecule has 1 aliphatic rings. The summed E-state index contributed by atoms with van der Waals surface area (Å²) < 4.78 is 40.3. The molecule has 1 aliphatic heterocycles. The molecule has 0 N–H and O–H groups in total. The zero-order chi connectivity index (χ0) is 22.1. The van der Waals surface area contributed by atoms with Gasteiger partial charge in [-0.05, 0) is 41.3 Å². The minimum Gasteiger partial charge on any atom is -0.491 e. The Morgan fingerprint density at radius 3 is 2.16 bits per heavy atom. The first kappa shape index (κ1) is 21.4. The van der Waals surface area contributed by atoms with Crippen molar-refractivity contribution in [3.63, 3.8) is 0 Å². The molecule has 1 heterocycles. The predicted octanol–water partition coefficient (Wildman–Crippen LogP) is 5.29. The molecule has 1 unspecified atom stereocenters. The van der Waals surface area contributed by atoms with Crippen LogP contribution in [-0.4, -0.2) is 27.7 Å². The van der Waals surface area contributed by atoms with Crippen molar-refractivity contribution < 1.29 is 17.9 Å². The smallest absolute Gasteiger partial charge is 0.268 e. The Morgan fingerprint density at radius 1 is 0.968 bits per heavy atom. The molecular weight excluding hydrogens is 410 g/mol. The van der Waals surface area contributed by atoms with Crippen molar-refractivity contribution in [3.8, 4) is 5.75 Å². The van der Waals surface area contributed by atoms with Gasteiger partial charge in [0, 0.05) is 6.07 Å². The summed E-state index contributed by atoms with van der Waals surface area (Å²) in [4.78, 5) is 0.233. The van der Waals surface area contributed by atoms with Crippen LogP contribution in [0.4, 0.5) is 11.4 Å². The summed E-state index contributed by atoms with van der Waals surface area (Å²) >= 11 is 0. The second kappa shape index (κ2) is 8.36. The van der Waals surface area contributed by atoms with E-state index in [9.17, 15) is 8.42 Å². The third-order valence-corrected chi connectivity index (χ3v) is 6.86. The summed E-state index contributed by atoms with van der Waals surface area (Å²) in [5.41, 5.74) is 1.77. The van der Waals surface area contributed by atoms with E-state index >= 15 is 0 Å². The number of para-hydroxylation sites is 1. The standard InChI is InChI=1S/C25H27NO4S/c1-25(2,3)23-15-14-20(29-17-21-18-30-21)16-24(23)26(19-10-6-4-7-11-19)31(27,28)22-12-8-5-9-13-22/h4-16,21H,17-18H2,1-3H3. The second-order valence-corrected chi connectivity index (χ2v) is 10.4. The maximum Gasteiger partial charge on any atom is 0.268 e. The molecule has 3 aromatic rings. The van der Waals surface area contributed by atoms with E-state index in [1.807, 2.05) is 36.4 Å². The molecule has 0 amide bonds. The first-order valence-corrected chi connectivity index (χ1v) is 11.8. The van der Waals surface area contributed by atoms with E-state index < -0.39 is 10.0 Å². The lowest BCUT2D eigenvalue weighted by Gasteiger charge is -2.31. The third-order valence-electron chi connectivity index (χ3n) is 5.11. The van der Waals surface area contributed by atoms with Crippen molar-refractivity contribution >= 4 is 21.4 Å². The molecule has 162 valence electrons. The van der Waals surface area contributed by atoms with E-state index in [0.29, 0.717) is 30.3 Å². The minimum absolute atomic E-state index is 0.115. The maximum absolute atomic E-state index is 13.9. The van der Waals surface area contributed by atoms with E-state index in [0.717, 1.165) is 5.56 Å². The number of benzene rings is 3. The van der Waals surface area contributed by atoms with Gasteiger partial charge in [0.15, 0.2) is 0 Å². The van der Waals surface area contributed by atoms with Crippen molar-refractivity contribution in [2.75, 3.05) is 17.5 Å². The van der Waals surface area contributed by atoms with E-state index in [1.54, 1.807) is 42.5 Å². The molecule has 3 aromatic carbocycles. The fraction of sp³-hybridized carbons (Fsp3) is 0.280. The highest BCUT2D eigenvalue weighted by atomic mass is 32.2. The van der Waals surface area contributed by atoms with Gasteiger partial charge in [-0.25, -0.2) is 12.7 Å².